The van der Waals surface area contributed by atoms with Gasteiger partial charge in [-0.05, 0) is 30.4 Å². The second-order valence-electron chi connectivity index (χ2n) is 3.38. The van der Waals surface area contributed by atoms with E-state index in [0.717, 1.165) is 4.47 Å². The number of halogens is 1. The Morgan fingerprint density at radius 2 is 2.00 bits per heavy atom. The second-order valence-corrected chi connectivity index (χ2v) is 4.67. The molecule has 86 valence electrons. The molecule has 1 rings (SSSR count). The topological polar surface area (TPSA) is 29.5 Å². The van der Waals surface area contributed by atoms with Crippen molar-refractivity contribution in [3.8, 4) is 0 Å². The van der Waals surface area contributed by atoms with Crippen LogP contribution < -0.4 is 0 Å². The summed E-state index contributed by atoms with van der Waals surface area (Å²) in [7, 11) is 4.89. The minimum atomic E-state index is -0.0955. The van der Waals surface area contributed by atoms with Gasteiger partial charge in [0.25, 0.3) is 5.91 Å². The molecule has 0 fully saturated rings. The number of thiocarbonyl (C=S) groups is 1. The molecular weight excluding hydrogens is 290 g/mol. The van der Waals surface area contributed by atoms with Gasteiger partial charge in [0.15, 0.2) is 5.05 Å². The molecule has 0 aliphatic rings. The standard InChI is InChI=1S/C11H12BrNO2S/c1-13(2)10(14)8-5-4-7(12)6-9(8)11(16)15-3/h4-6H,1-3H3. The molecule has 0 aromatic heterocycles. The van der Waals surface area contributed by atoms with Crippen molar-refractivity contribution in [2.75, 3.05) is 21.2 Å². The van der Waals surface area contributed by atoms with Crippen LogP contribution in [0.5, 0.6) is 0 Å². The van der Waals surface area contributed by atoms with Gasteiger partial charge in [-0.1, -0.05) is 15.9 Å². The zero-order chi connectivity index (χ0) is 12.3. The summed E-state index contributed by atoms with van der Waals surface area (Å²) in [5.74, 6) is -0.0955. The summed E-state index contributed by atoms with van der Waals surface area (Å²) in [6.45, 7) is 0. The molecule has 0 spiro atoms. The lowest BCUT2D eigenvalue weighted by Gasteiger charge is -2.14. The number of hydrogen-bond donors (Lipinski definition) is 0. The van der Waals surface area contributed by atoms with Crippen LogP contribution in [0.25, 0.3) is 0 Å². The highest BCUT2D eigenvalue weighted by atomic mass is 79.9. The summed E-state index contributed by atoms with van der Waals surface area (Å²) < 4.78 is 5.86. The molecule has 0 saturated heterocycles. The summed E-state index contributed by atoms with van der Waals surface area (Å²) in [4.78, 5) is 13.4. The highest BCUT2D eigenvalue weighted by Gasteiger charge is 2.16. The van der Waals surface area contributed by atoms with Crippen molar-refractivity contribution >= 4 is 39.1 Å². The summed E-state index contributed by atoms with van der Waals surface area (Å²) in [6, 6.07) is 5.31. The molecule has 0 unspecified atom stereocenters. The highest BCUT2D eigenvalue weighted by molar-refractivity contribution is 9.10. The van der Waals surface area contributed by atoms with Gasteiger partial charge in [-0.15, -0.1) is 0 Å². The molecule has 0 bridgehead atoms. The first-order valence-electron chi connectivity index (χ1n) is 4.57. The molecule has 0 heterocycles. The van der Waals surface area contributed by atoms with E-state index in [4.69, 9.17) is 17.0 Å². The fourth-order valence-electron chi connectivity index (χ4n) is 1.22. The van der Waals surface area contributed by atoms with Crippen molar-refractivity contribution in [2.24, 2.45) is 0 Å². The minimum Gasteiger partial charge on any atom is -0.486 e. The van der Waals surface area contributed by atoms with E-state index >= 15 is 0 Å². The second kappa shape index (κ2) is 5.41. The molecule has 0 aliphatic heterocycles. The van der Waals surface area contributed by atoms with E-state index in [1.807, 2.05) is 0 Å². The maximum atomic E-state index is 11.9. The number of nitrogens with zero attached hydrogens (tertiary/aromatic N) is 1. The Morgan fingerprint density at radius 3 is 2.50 bits per heavy atom. The Balaban J connectivity index is 3.28. The van der Waals surface area contributed by atoms with E-state index in [2.05, 4.69) is 15.9 Å². The molecule has 1 aromatic carbocycles. The molecule has 0 atom stereocenters. The minimum absolute atomic E-state index is 0.0955. The molecule has 5 heteroatoms. The summed E-state index contributed by atoms with van der Waals surface area (Å²) >= 11 is 8.40. The molecule has 1 aromatic rings. The maximum absolute atomic E-state index is 11.9. The predicted molar refractivity (Wildman–Crippen MR) is 70.9 cm³/mol. The molecule has 0 radical (unpaired) electrons. The van der Waals surface area contributed by atoms with E-state index in [1.165, 1.54) is 12.0 Å². The lowest BCUT2D eigenvalue weighted by atomic mass is 10.1. The summed E-state index contributed by atoms with van der Waals surface area (Å²) in [5, 5.41) is 0.312. The lowest BCUT2D eigenvalue weighted by Crippen LogP contribution is -2.24. The Kier molecular flexibility index (Phi) is 4.44. The van der Waals surface area contributed by atoms with Gasteiger partial charge < -0.3 is 9.64 Å². The molecule has 0 N–H and O–H groups in total. The molecule has 1 amide bonds. The third kappa shape index (κ3) is 2.80. The summed E-state index contributed by atoms with van der Waals surface area (Å²) in [6.07, 6.45) is 0. The predicted octanol–water partition coefficient (Wildman–Crippen LogP) is 2.47. The largest absolute Gasteiger partial charge is 0.486 e. The van der Waals surface area contributed by atoms with Gasteiger partial charge in [0.05, 0.1) is 12.7 Å². The first-order chi connectivity index (χ1) is 7.47. The molecule has 3 nitrogen and oxygen atoms in total. The Labute approximate surface area is 109 Å². The van der Waals surface area contributed by atoms with Crippen molar-refractivity contribution < 1.29 is 9.53 Å². The SMILES string of the molecule is COC(=S)c1cc(Br)ccc1C(=O)N(C)C. The van der Waals surface area contributed by atoms with Crippen molar-refractivity contribution in [2.45, 2.75) is 0 Å². The number of rotatable bonds is 2. The van der Waals surface area contributed by atoms with Crippen molar-refractivity contribution in [1.82, 2.24) is 4.90 Å². The van der Waals surface area contributed by atoms with Gasteiger partial charge in [0, 0.05) is 24.1 Å². The third-order valence-corrected chi connectivity index (χ3v) is 2.90. The fraction of sp³-hybridized carbons (Fsp3) is 0.273. The van der Waals surface area contributed by atoms with Crippen LogP contribution in [-0.4, -0.2) is 37.1 Å². The Morgan fingerprint density at radius 1 is 1.38 bits per heavy atom. The van der Waals surface area contributed by atoms with Gasteiger partial charge in [0.1, 0.15) is 0 Å². The third-order valence-electron chi connectivity index (χ3n) is 2.02. The molecular formula is C11H12BrNO2S. The summed E-state index contributed by atoms with van der Waals surface area (Å²) in [5.41, 5.74) is 1.17. The zero-order valence-corrected chi connectivity index (χ0v) is 11.7. The average Bonchev–Trinajstić information content (AvgIpc) is 2.26. The average molecular weight is 302 g/mol. The van der Waals surface area contributed by atoms with Gasteiger partial charge in [0.2, 0.25) is 0 Å². The smallest absolute Gasteiger partial charge is 0.254 e. The first-order valence-corrected chi connectivity index (χ1v) is 5.77. The van der Waals surface area contributed by atoms with Crippen molar-refractivity contribution in [3.05, 3.63) is 33.8 Å². The number of methoxy groups -OCH3 is 1. The van der Waals surface area contributed by atoms with E-state index in [9.17, 15) is 4.79 Å². The van der Waals surface area contributed by atoms with Crippen LogP contribution in [0.4, 0.5) is 0 Å². The van der Waals surface area contributed by atoms with E-state index in [-0.39, 0.29) is 5.91 Å². The Hall–Kier alpha value is -0.940. The van der Waals surface area contributed by atoms with E-state index in [1.54, 1.807) is 32.3 Å². The van der Waals surface area contributed by atoms with Gasteiger partial charge in [-0.3, -0.25) is 4.79 Å². The van der Waals surface area contributed by atoms with Gasteiger partial charge >= 0.3 is 0 Å². The van der Waals surface area contributed by atoms with Crippen LogP contribution >= 0.6 is 28.1 Å². The number of amides is 1. The molecule has 0 aliphatic carbocycles. The highest BCUT2D eigenvalue weighted by Crippen LogP contribution is 2.19. The zero-order valence-electron chi connectivity index (χ0n) is 9.28. The maximum Gasteiger partial charge on any atom is 0.254 e. The normalized spacial score (nSPS) is 9.75. The number of ether oxygens (including phenoxy) is 1. The number of benzene rings is 1. The van der Waals surface area contributed by atoms with Crippen LogP contribution in [0.3, 0.4) is 0 Å². The first kappa shape index (κ1) is 13.1. The number of carbonyl (C=O) groups excluding carboxylic acids is 1. The number of hydrogen-bond acceptors (Lipinski definition) is 3. The van der Waals surface area contributed by atoms with Crippen LogP contribution in [0.1, 0.15) is 15.9 Å². The quantitative estimate of drug-likeness (QED) is 0.786. The number of carbonyl (C=O) groups is 1. The van der Waals surface area contributed by atoms with Crippen molar-refractivity contribution in [3.63, 3.8) is 0 Å². The van der Waals surface area contributed by atoms with Crippen LogP contribution in [-0.2, 0) is 4.74 Å². The van der Waals surface area contributed by atoms with Crippen LogP contribution in [0.2, 0.25) is 0 Å². The molecule has 0 saturated carbocycles. The Bertz CT molecular complexity index is 432. The van der Waals surface area contributed by atoms with Gasteiger partial charge in [-0.25, -0.2) is 0 Å². The van der Waals surface area contributed by atoms with Crippen molar-refractivity contribution in [1.29, 1.82) is 0 Å². The van der Waals surface area contributed by atoms with E-state index in [0.29, 0.717) is 16.2 Å². The van der Waals surface area contributed by atoms with E-state index < -0.39 is 0 Å². The fourth-order valence-corrected chi connectivity index (χ4v) is 1.75. The monoisotopic (exact) mass is 301 g/mol. The van der Waals surface area contributed by atoms with Gasteiger partial charge in [-0.2, -0.15) is 0 Å². The molecule has 16 heavy (non-hydrogen) atoms. The van der Waals surface area contributed by atoms with Crippen LogP contribution in [0, 0.1) is 0 Å². The lowest BCUT2D eigenvalue weighted by molar-refractivity contribution is 0.0827. The van der Waals surface area contributed by atoms with Crippen LogP contribution in [0.15, 0.2) is 22.7 Å².